The molecule has 0 saturated heterocycles. The van der Waals surface area contributed by atoms with Gasteiger partial charge in [0, 0.05) is 73.1 Å². The number of primary amides is 2. The van der Waals surface area contributed by atoms with E-state index >= 15 is 0 Å². The summed E-state index contributed by atoms with van der Waals surface area (Å²) in [5.41, 5.74) is 85.0. The number of aliphatic imine (C=N–C) groups is 6. The van der Waals surface area contributed by atoms with Gasteiger partial charge in [-0.3, -0.25) is 92.3 Å². The maximum absolute atomic E-state index is 15.0. The number of hydrogen-bond acceptors (Lipinski definition) is 22. The van der Waals surface area contributed by atoms with Crippen molar-refractivity contribution in [3.8, 4) is 5.75 Å². The van der Waals surface area contributed by atoms with Crippen LogP contribution in [0.15, 0.2) is 54.2 Å². The summed E-state index contributed by atoms with van der Waals surface area (Å²) in [7, 11) is 3.27. The molecule has 1 rings (SSSR count). The highest BCUT2D eigenvalue weighted by Crippen LogP contribution is 2.15. The Hall–Kier alpha value is -12.3. The summed E-state index contributed by atoms with van der Waals surface area (Å²) in [5, 5.41) is 38.3. The predicted molar refractivity (Wildman–Crippen MR) is 432 cm³/mol. The number of nitrogens with one attached hydrogen (secondary N) is 11. The van der Waals surface area contributed by atoms with Gasteiger partial charge in [0.15, 0.2) is 35.8 Å². The Morgan fingerprint density at radius 2 is 0.626 bits per heavy atom. The van der Waals surface area contributed by atoms with E-state index in [-0.39, 0.29) is 203 Å². The highest BCUT2D eigenvalue weighted by atomic mass is 16.3. The summed E-state index contributed by atoms with van der Waals surface area (Å²) in [6, 6.07) is -8.77. The lowest BCUT2D eigenvalue weighted by atomic mass is 10.0. The van der Waals surface area contributed by atoms with Gasteiger partial charge in [-0.2, -0.15) is 0 Å². The first-order valence-corrected chi connectivity index (χ1v) is 37.6. The quantitative estimate of drug-likeness (QED) is 0.0164. The molecule has 0 aliphatic heterocycles. The number of nitrogens with two attached hydrogens (primary N) is 15. The van der Waals surface area contributed by atoms with Gasteiger partial charge in [0.25, 0.3) is 0 Å². The second-order valence-electron chi connectivity index (χ2n) is 26.9. The average Bonchev–Trinajstić information content (AvgIpc) is 0.882. The predicted octanol–water partition coefficient (Wildman–Crippen LogP) is -11.1. The Morgan fingerprint density at radius 3 is 0.904 bits per heavy atom. The van der Waals surface area contributed by atoms with E-state index in [4.69, 9.17) is 86.0 Å². The molecule has 0 fully saturated rings. The molecule has 0 unspecified atom stereocenters. The van der Waals surface area contributed by atoms with Crippen LogP contribution in [0.5, 0.6) is 5.75 Å². The van der Waals surface area contributed by atoms with Crippen molar-refractivity contribution in [3.05, 3.63) is 29.8 Å². The Morgan fingerprint density at radius 1 is 0.348 bits per heavy atom. The fourth-order valence-corrected chi connectivity index (χ4v) is 10.9. The minimum atomic E-state index is -1.72. The van der Waals surface area contributed by atoms with Gasteiger partial charge >= 0.3 is 0 Å². The molecule has 1 aromatic carbocycles. The molecule has 47 heteroatoms. The van der Waals surface area contributed by atoms with Gasteiger partial charge in [0.1, 0.15) is 66.2 Å². The number of hydrogen-bond donors (Lipinski definition) is 27. The smallest absolute Gasteiger partial charge is 0.243 e. The van der Waals surface area contributed by atoms with Crippen molar-refractivity contribution < 1.29 is 67.4 Å². The van der Waals surface area contributed by atoms with Gasteiger partial charge in [-0.25, -0.2) is 0 Å². The third kappa shape index (κ3) is 46.3. The lowest BCUT2D eigenvalue weighted by Crippen LogP contribution is -2.60. The van der Waals surface area contributed by atoms with Crippen molar-refractivity contribution >= 4 is 113 Å². The standard InChI is InChI=1S/C68H125N33O14/c1-38(102)91-50(36-39-22-24-40(103)25-23-39)54(107)90-37-52(105)92-42(17-9-31-85-64(75)76)55(108)94-43(14-4-6-28-69)57(110)95-44(15-5-7-29-70)58(111)97-48(21-13-35-89-68(83)101(2)3)60(113)98-47(20-12-34-88-67(81)82)61(114)100-49(26-27-51(71)104)62(115)99-46(19-11-33-87-66(79)80)59(112)96-45(18-10-32-86-65(77)78)56(109)93-41(53(72)106)16-8-30-84-63(73)74/h22-25,41-50,103H,4-21,26-37,69-70H2,1-3H3,(H2,71,104)(H2,72,106)(H2,83,89)(H,90,107)(H,91,102)(H,92,105)(H,93,109)(H,94,108)(H,95,110)(H,96,112)(H,97,111)(H,98,113)(H,99,115)(H,100,114)(H4,73,74,84)(H4,75,76,85)(H4,77,78,86)(H4,79,80,87)(H4,81,82,88)/t41-,42-,43-,44-,45-,46-,47-,48-,49-,50-/m0/s1. The zero-order valence-corrected chi connectivity index (χ0v) is 65.8. The van der Waals surface area contributed by atoms with Crippen LogP contribution >= 0.6 is 0 Å². The topological polar surface area (TPSA) is 842 Å². The second kappa shape index (κ2) is 56.8. The van der Waals surface area contributed by atoms with Crippen molar-refractivity contribution in [1.29, 1.82) is 0 Å². The molecule has 47 nitrogen and oxygen atoms in total. The fraction of sp³-hybridized carbons (Fsp3) is 0.632. The van der Waals surface area contributed by atoms with Gasteiger partial charge in [0.05, 0.1) is 6.54 Å². The fourth-order valence-electron chi connectivity index (χ4n) is 10.9. The lowest BCUT2D eigenvalue weighted by Gasteiger charge is -2.28. The van der Waals surface area contributed by atoms with Gasteiger partial charge in [-0.05, 0) is 153 Å². The van der Waals surface area contributed by atoms with Crippen molar-refractivity contribution in [2.45, 2.75) is 202 Å². The minimum Gasteiger partial charge on any atom is -0.508 e. The molecule has 1 aromatic rings. The molecule has 0 aromatic heterocycles. The van der Waals surface area contributed by atoms with Crippen LogP contribution in [-0.4, -0.2) is 256 Å². The first-order chi connectivity index (χ1) is 54.4. The van der Waals surface area contributed by atoms with Crippen LogP contribution in [0.25, 0.3) is 0 Å². The van der Waals surface area contributed by atoms with Crippen LogP contribution in [0, 0.1) is 0 Å². The number of nitrogens with zero attached hydrogens (tertiary/aromatic N) is 7. The first kappa shape index (κ1) is 101. The third-order valence-electron chi connectivity index (χ3n) is 16.9. The molecular weight excluding hydrogens is 1500 g/mol. The monoisotopic (exact) mass is 1630 g/mol. The Kier molecular flexibility index (Phi) is 49.7. The van der Waals surface area contributed by atoms with Crippen molar-refractivity contribution in [1.82, 2.24) is 63.4 Å². The van der Waals surface area contributed by atoms with Gasteiger partial charge in [-0.15, -0.1) is 0 Å². The van der Waals surface area contributed by atoms with Crippen LogP contribution in [0.1, 0.15) is 141 Å². The Bertz CT molecular complexity index is 3470. The SMILES string of the molecule is CC(=O)N[C@@H](Cc1ccc(O)cc1)C(=O)NCC(=O)N[C@@H](CCCN=C(N)N)C(=O)N[C@@H](CCCCN)C(=O)N[C@@H](CCCCN)C(=O)N[C@@H](CCCN=C(N)N(C)C)C(=O)N[C@@H](CCCN=C(N)N)C(=O)N[C@@H](CCC(N)=O)C(=O)N[C@@H](CCCN=C(N)N)C(=O)N[C@@H](CCCN=C(N)N)C(=O)N[C@@H](CCCN=C(N)N)C(N)=O. The Balaban J connectivity index is 3.98. The van der Waals surface area contributed by atoms with E-state index in [1.165, 1.54) is 24.0 Å². The molecule has 0 spiro atoms. The number of aromatic hydroxyl groups is 1. The molecule has 42 N–H and O–H groups in total. The number of benzene rings is 1. The van der Waals surface area contributed by atoms with E-state index in [2.05, 4.69) is 88.4 Å². The number of carbonyl (C=O) groups is 13. The Labute approximate surface area is 667 Å². The zero-order chi connectivity index (χ0) is 86.5. The molecule has 13 amide bonds. The number of carbonyl (C=O) groups excluding carboxylic acids is 13. The summed E-state index contributed by atoms with van der Waals surface area (Å²) in [5.74, 6) is -13.0. The third-order valence-corrected chi connectivity index (χ3v) is 16.9. The van der Waals surface area contributed by atoms with Crippen LogP contribution < -0.4 is 144 Å². The summed E-state index contributed by atoms with van der Waals surface area (Å²) in [4.78, 5) is 207. The maximum Gasteiger partial charge on any atom is 0.243 e. The first-order valence-electron chi connectivity index (χ1n) is 37.6. The van der Waals surface area contributed by atoms with E-state index in [0.29, 0.717) is 18.4 Å². The number of unbranched alkanes of at least 4 members (excludes halogenated alkanes) is 2. The van der Waals surface area contributed by atoms with E-state index in [1.54, 1.807) is 26.2 Å². The van der Waals surface area contributed by atoms with Crippen LogP contribution in [0.4, 0.5) is 0 Å². The van der Waals surface area contributed by atoms with Gasteiger partial charge in [-0.1, -0.05) is 12.1 Å². The number of rotatable bonds is 59. The van der Waals surface area contributed by atoms with Crippen LogP contribution in [0.2, 0.25) is 0 Å². The second-order valence-corrected chi connectivity index (χ2v) is 26.9. The van der Waals surface area contributed by atoms with E-state index in [1.807, 2.05) is 0 Å². The van der Waals surface area contributed by atoms with E-state index in [9.17, 15) is 67.4 Å². The molecule has 646 valence electrons. The molecule has 0 saturated carbocycles. The molecule has 10 atom stereocenters. The summed E-state index contributed by atoms with van der Waals surface area (Å²) in [6.45, 7) is 0.707. The molecule has 0 bridgehead atoms. The number of guanidine groups is 6. The number of amides is 13. The lowest BCUT2D eigenvalue weighted by molar-refractivity contribution is -0.136. The maximum atomic E-state index is 15.0. The molecule has 0 radical (unpaired) electrons. The molecule has 0 heterocycles. The van der Waals surface area contributed by atoms with Gasteiger partial charge < -0.3 is 154 Å². The highest BCUT2D eigenvalue weighted by molar-refractivity contribution is 5.99. The average molecular weight is 1630 g/mol. The molecule has 115 heavy (non-hydrogen) atoms. The number of phenols is 1. The highest BCUT2D eigenvalue weighted by Gasteiger charge is 2.36. The van der Waals surface area contributed by atoms with Crippen molar-refractivity contribution in [2.24, 2.45) is 116 Å². The summed E-state index contributed by atoms with van der Waals surface area (Å²) in [6.07, 6.45) is -0.598. The van der Waals surface area contributed by atoms with E-state index < -0.39 is 157 Å². The van der Waals surface area contributed by atoms with Crippen molar-refractivity contribution in [3.63, 3.8) is 0 Å². The van der Waals surface area contributed by atoms with Crippen LogP contribution in [0.3, 0.4) is 0 Å². The molecular formula is C68H125N33O14. The number of phenolic OH excluding ortho intramolecular Hbond substituents is 1. The zero-order valence-electron chi connectivity index (χ0n) is 65.8. The largest absolute Gasteiger partial charge is 0.508 e. The van der Waals surface area contributed by atoms with E-state index in [0.717, 1.165) is 0 Å². The summed E-state index contributed by atoms with van der Waals surface area (Å²) >= 11 is 0. The van der Waals surface area contributed by atoms with Crippen molar-refractivity contribution in [2.75, 3.05) is 73.0 Å². The van der Waals surface area contributed by atoms with Crippen LogP contribution in [-0.2, 0) is 68.7 Å². The van der Waals surface area contributed by atoms with Gasteiger partial charge in [0.2, 0.25) is 76.8 Å². The summed E-state index contributed by atoms with van der Waals surface area (Å²) < 4.78 is 0. The molecule has 0 aliphatic carbocycles. The molecule has 0 aliphatic rings. The minimum absolute atomic E-state index is 0.000252. The normalized spacial score (nSPS) is 13.6.